The first-order valence-corrected chi connectivity index (χ1v) is 5.76. The average molecular weight is 195 g/mol. The zero-order valence-corrected chi connectivity index (χ0v) is 9.49. The number of aliphatic imine (C=N–C) groups is 1. The van der Waals surface area contributed by atoms with Crippen molar-refractivity contribution in [3.05, 3.63) is 0 Å². The highest BCUT2D eigenvalue weighted by Gasteiger charge is 2.29. The molecule has 0 N–H and O–H groups in total. The molecule has 0 saturated heterocycles. The summed E-state index contributed by atoms with van der Waals surface area (Å²) in [4.78, 5) is 14.2. The van der Waals surface area contributed by atoms with Crippen LogP contribution in [0.3, 0.4) is 0 Å². The van der Waals surface area contributed by atoms with Gasteiger partial charge in [0.25, 0.3) is 0 Å². The maximum Gasteiger partial charge on any atom is 0.235 e. The maximum atomic E-state index is 10.3. The van der Waals surface area contributed by atoms with Crippen molar-refractivity contribution in [1.82, 2.24) is 0 Å². The molecule has 0 aliphatic heterocycles. The van der Waals surface area contributed by atoms with Gasteiger partial charge in [0.2, 0.25) is 6.08 Å². The zero-order valence-electron chi connectivity index (χ0n) is 9.49. The Bertz CT molecular complexity index is 220. The normalized spacial score (nSPS) is 34.6. The second-order valence-corrected chi connectivity index (χ2v) is 4.72. The Hall–Kier alpha value is -0.620. The molecule has 1 rings (SSSR count). The van der Waals surface area contributed by atoms with Crippen LogP contribution in [0.5, 0.6) is 0 Å². The van der Waals surface area contributed by atoms with Gasteiger partial charge in [-0.15, -0.1) is 0 Å². The van der Waals surface area contributed by atoms with Gasteiger partial charge >= 0.3 is 0 Å². The lowest BCUT2D eigenvalue weighted by Crippen LogP contribution is -2.29. The van der Waals surface area contributed by atoms with Gasteiger partial charge < -0.3 is 0 Å². The highest BCUT2D eigenvalue weighted by Crippen LogP contribution is 2.35. The van der Waals surface area contributed by atoms with Gasteiger partial charge in [-0.25, -0.2) is 9.79 Å². The number of rotatable bonds is 3. The molecule has 0 spiro atoms. The van der Waals surface area contributed by atoms with Gasteiger partial charge in [0.1, 0.15) is 0 Å². The van der Waals surface area contributed by atoms with E-state index in [1.807, 2.05) is 0 Å². The Morgan fingerprint density at radius 3 is 2.79 bits per heavy atom. The average Bonchev–Trinajstić information content (AvgIpc) is 2.20. The van der Waals surface area contributed by atoms with Crippen LogP contribution in [-0.4, -0.2) is 12.1 Å². The fourth-order valence-electron chi connectivity index (χ4n) is 2.43. The van der Waals surface area contributed by atoms with Gasteiger partial charge in [-0.05, 0) is 37.0 Å². The van der Waals surface area contributed by atoms with Crippen LogP contribution >= 0.6 is 0 Å². The van der Waals surface area contributed by atoms with E-state index >= 15 is 0 Å². The predicted molar refractivity (Wildman–Crippen MR) is 57.9 cm³/mol. The van der Waals surface area contributed by atoms with E-state index in [2.05, 4.69) is 25.8 Å². The standard InChI is InChI=1S/C12H21NO/c1-4-9(2)11-6-5-10(3)12(7-11)13-8-14/h9-12H,4-7H2,1-3H3. The summed E-state index contributed by atoms with van der Waals surface area (Å²) in [7, 11) is 0. The van der Waals surface area contributed by atoms with E-state index in [4.69, 9.17) is 0 Å². The highest BCUT2D eigenvalue weighted by atomic mass is 16.1. The summed E-state index contributed by atoms with van der Waals surface area (Å²) in [6.07, 6.45) is 6.56. The van der Waals surface area contributed by atoms with Crippen LogP contribution in [0.1, 0.15) is 46.5 Å². The Labute approximate surface area is 86.8 Å². The van der Waals surface area contributed by atoms with Crippen molar-refractivity contribution < 1.29 is 4.79 Å². The highest BCUT2D eigenvalue weighted by molar-refractivity contribution is 5.33. The van der Waals surface area contributed by atoms with E-state index in [-0.39, 0.29) is 6.04 Å². The number of nitrogens with zero attached hydrogens (tertiary/aromatic N) is 1. The molecule has 0 radical (unpaired) electrons. The van der Waals surface area contributed by atoms with Gasteiger partial charge in [0, 0.05) is 0 Å². The van der Waals surface area contributed by atoms with E-state index in [0.29, 0.717) is 5.92 Å². The maximum absolute atomic E-state index is 10.3. The zero-order chi connectivity index (χ0) is 10.6. The lowest BCUT2D eigenvalue weighted by molar-refractivity contribution is 0.195. The molecule has 0 bridgehead atoms. The van der Waals surface area contributed by atoms with Crippen LogP contribution in [-0.2, 0) is 4.79 Å². The van der Waals surface area contributed by atoms with E-state index in [1.54, 1.807) is 6.08 Å². The molecule has 0 heterocycles. The van der Waals surface area contributed by atoms with Crippen molar-refractivity contribution in [3.8, 4) is 0 Å². The second-order valence-electron chi connectivity index (χ2n) is 4.72. The molecule has 1 aliphatic carbocycles. The summed E-state index contributed by atoms with van der Waals surface area (Å²) in [6.45, 7) is 6.74. The molecule has 4 unspecified atom stereocenters. The summed E-state index contributed by atoms with van der Waals surface area (Å²) >= 11 is 0. The van der Waals surface area contributed by atoms with E-state index in [1.165, 1.54) is 19.3 Å². The summed E-state index contributed by atoms with van der Waals surface area (Å²) < 4.78 is 0. The fourth-order valence-corrected chi connectivity index (χ4v) is 2.43. The molecule has 4 atom stereocenters. The van der Waals surface area contributed by atoms with E-state index in [9.17, 15) is 4.79 Å². The quantitative estimate of drug-likeness (QED) is 0.502. The van der Waals surface area contributed by atoms with Gasteiger partial charge in [-0.2, -0.15) is 0 Å². The molecular weight excluding hydrogens is 174 g/mol. The first-order valence-electron chi connectivity index (χ1n) is 5.76. The molecule has 14 heavy (non-hydrogen) atoms. The largest absolute Gasteiger partial charge is 0.235 e. The fraction of sp³-hybridized carbons (Fsp3) is 0.917. The Kier molecular flexibility index (Phi) is 4.34. The second kappa shape index (κ2) is 5.31. The summed E-state index contributed by atoms with van der Waals surface area (Å²) in [5.41, 5.74) is 0. The third-order valence-corrected chi connectivity index (χ3v) is 3.86. The van der Waals surface area contributed by atoms with Gasteiger partial charge in [0.05, 0.1) is 6.04 Å². The van der Waals surface area contributed by atoms with Crippen molar-refractivity contribution >= 4 is 6.08 Å². The Morgan fingerprint density at radius 2 is 2.21 bits per heavy atom. The number of hydrogen-bond donors (Lipinski definition) is 0. The van der Waals surface area contributed by atoms with Crippen LogP contribution in [0.4, 0.5) is 0 Å². The van der Waals surface area contributed by atoms with Crippen molar-refractivity contribution in [1.29, 1.82) is 0 Å². The molecule has 0 aromatic rings. The minimum Gasteiger partial charge on any atom is -0.211 e. The Balaban J connectivity index is 2.56. The lowest BCUT2D eigenvalue weighted by Gasteiger charge is -2.34. The third kappa shape index (κ3) is 2.68. The molecular formula is C12H21NO. The summed E-state index contributed by atoms with van der Waals surface area (Å²) in [5.74, 6) is 2.10. The third-order valence-electron chi connectivity index (χ3n) is 3.86. The smallest absolute Gasteiger partial charge is 0.211 e. The molecule has 2 nitrogen and oxygen atoms in total. The minimum absolute atomic E-state index is 0.236. The lowest BCUT2D eigenvalue weighted by atomic mass is 9.74. The predicted octanol–water partition coefficient (Wildman–Crippen LogP) is 3.17. The van der Waals surface area contributed by atoms with Crippen LogP contribution in [0, 0.1) is 17.8 Å². The molecule has 1 saturated carbocycles. The number of carbonyl (C=O) groups excluding carboxylic acids is 1. The first-order chi connectivity index (χ1) is 6.69. The molecule has 0 amide bonds. The Morgan fingerprint density at radius 1 is 1.50 bits per heavy atom. The van der Waals surface area contributed by atoms with E-state index in [0.717, 1.165) is 18.3 Å². The van der Waals surface area contributed by atoms with Gasteiger partial charge in [-0.3, -0.25) is 0 Å². The topological polar surface area (TPSA) is 29.4 Å². The summed E-state index contributed by atoms with van der Waals surface area (Å²) in [6, 6.07) is 0.236. The number of isocyanates is 1. The van der Waals surface area contributed by atoms with Gasteiger partial charge in [-0.1, -0.05) is 27.2 Å². The molecule has 0 aromatic carbocycles. The molecule has 0 aromatic heterocycles. The molecule has 2 heteroatoms. The first kappa shape index (κ1) is 11.5. The van der Waals surface area contributed by atoms with Gasteiger partial charge in [0.15, 0.2) is 0 Å². The minimum atomic E-state index is 0.236. The van der Waals surface area contributed by atoms with Crippen molar-refractivity contribution in [2.75, 3.05) is 0 Å². The monoisotopic (exact) mass is 195 g/mol. The van der Waals surface area contributed by atoms with Crippen LogP contribution < -0.4 is 0 Å². The van der Waals surface area contributed by atoms with Crippen molar-refractivity contribution in [3.63, 3.8) is 0 Å². The van der Waals surface area contributed by atoms with E-state index < -0.39 is 0 Å². The number of hydrogen-bond acceptors (Lipinski definition) is 2. The molecule has 1 fully saturated rings. The van der Waals surface area contributed by atoms with Crippen LogP contribution in [0.25, 0.3) is 0 Å². The SMILES string of the molecule is CCC(C)C1CCC(C)C(N=C=O)C1. The van der Waals surface area contributed by atoms with Crippen LogP contribution in [0.15, 0.2) is 4.99 Å². The molecule has 80 valence electrons. The molecule has 1 aliphatic rings. The summed E-state index contributed by atoms with van der Waals surface area (Å²) in [5, 5.41) is 0. The van der Waals surface area contributed by atoms with Crippen molar-refractivity contribution in [2.45, 2.75) is 52.5 Å². The van der Waals surface area contributed by atoms with Crippen molar-refractivity contribution in [2.24, 2.45) is 22.7 Å². The van der Waals surface area contributed by atoms with Crippen LogP contribution in [0.2, 0.25) is 0 Å².